The standard InChI is InChI=1S/C28H21N3O3/c1-15-7-3-6-10-20(15)31-28-23(16(2)30-31)24(17-11-12-21-22(13-17)34-14-33-21)25-26(29-28)18-8-4-5-9-19(18)27(25)32/h3-13,24,29H,14H2,1-2H3/t24-/m1/s1. The van der Waals surface area contributed by atoms with Crippen molar-refractivity contribution in [1.29, 1.82) is 0 Å². The summed E-state index contributed by atoms with van der Waals surface area (Å²) < 4.78 is 13.2. The molecule has 6 heteroatoms. The highest BCUT2D eigenvalue weighted by Gasteiger charge is 2.43. The fraction of sp³-hybridized carbons (Fsp3) is 0.143. The van der Waals surface area contributed by atoms with Gasteiger partial charge in [0.15, 0.2) is 17.3 Å². The van der Waals surface area contributed by atoms with Gasteiger partial charge in [-0.2, -0.15) is 5.10 Å². The van der Waals surface area contributed by atoms with Gasteiger partial charge in [0.25, 0.3) is 0 Å². The predicted molar refractivity (Wildman–Crippen MR) is 129 cm³/mol. The molecule has 1 atom stereocenters. The number of aryl methyl sites for hydroxylation is 2. The molecular formula is C28H21N3O3. The number of nitrogens with one attached hydrogen (secondary N) is 1. The molecular weight excluding hydrogens is 426 g/mol. The number of hydrogen-bond donors (Lipinski definition) is 1. The lowest BCUT2D eigenvalue weighted by Crippen LogP contribution is -2.20. The third-order valence-electron chi connectivity index (χ3n) is 6.96. The minimum atomic E-state index is -0.279. The number of anilines is 1. The Morgan fingerprint density at radius 2 is 1.71 bits per heavy atom. The summed E-state index contributed by atoms with van der Waals surface area (Å²) in [5, 5.41) is 8.56. The van der Waals surface area contributed by atoms with Crippen molar-refractivity contribution < 1.29 is 14.3 Å². The van der Waals surface area contributed by atoms with Crippen molar-refractivity contribution in [1.82, 2.24) is 9.78 Å². The van der Waals surface area contributed by atoms with Gasteiger partial charge in [-0.3, -0.25) is 4.79 Å². The van der Waals surface area contributed by atoms with Gasteiger partial charge in [0.05, 0.1) is 17.1 Å². The number of ketones is 1. The Hall–Kier alpha value is -4.32. The van der Waals surface area contributed by atoms with E-state index in [9.17, 15) is 4.79 Å². The zero-order valence-corrected chi connectivity index (χ0v) is 18.8. The van der Waals surface area contributed by atoms with E-state index in [4.69, 9.17) is 14.6 Å². The van der Waals surface area contributed by atoms with Crippen molar-refractivity contribution in [3.63, 3.8) is 0 Å². The summed E-state index contributed by atoms with van der Waals surface area (Å²) in [5.41, 5.74) is 8.24. The lowest BCUT2D eigenvalue weighted by Gasteiger charge is -2.27. The molecule has 1 N–H and O–H groups in total. The van der Waals surface area contributed by atoms with Crippen LogP contribution in [0.15, 0.2) is 72.3 Å². The number of carbonyl (C=O) groups excluding carboxylic acids is 1. The zero-order chi connectivity index (χ0) is 23.0. The molecule has 0 fully saturated rings. The number of fused-ring (bicyclic) bond motifs is 4. The van der Waals surface area contributed by atoms with Crippen molar-refractivity contribution >= 4 is 17.3 Å². The van der Waals surface area contributed by atoms with E-state index in [1.807, 2.05) is 66.2 Å². The smallest absolute Gasteiger partial charge is 0.231 e. The van der Waals surface area contributed by atoms with Gasteiger partial charge in [-0.25, -0.2) is 4.68 Å². The normalized spacial score (nSPS) is 17.4. The second-order valence-corrected chi connectivity index (χ2v) is 8.88. The molecule has 4 aromatic rings. The Morgan fingerprint density at radius 1 is 0.941 bits per heavy atom. The maximum atomic E-state index is 13.7. The second-order valence-electron chi connectivity index (χ2n) is 8.88. The lowest BCUT2D eigenvalue weighted by atomic mass is 9.80. The average Bonchev–Trinajstić information content (AvgIpc) is 3.53. The van der Waals surface area contributed by atoms with Crippen molar-refractivity contribution in [3.05, 3.63) is 106 Å². The van der Waals surface area contributed by atoms with E-state index in [2.05, 4.69) is 24.4 Å². The third kappa shape index (κ3) is 2.51. The van der Waals surface area contributed by atoms with E-state index in [0.717, 1.165) is 62.0 Å². The summed E-state index contributed by atoms with van der Waals surface area (Å²) in [6.45, 7) is 4.29. The van der Waals surface area contributed by atoms with Crippen LogP contribution >= 0.6 is 0 Å². The molecule has 2 aliphatic heterocycles. The van der Waals surface area contributed by atoms with Crippen molar-refractivity contribution in [2.24, 2.45) is 0 Å². The minimum absolute atomic E-state index is 0.0504. The maximum absolute atomic E-state index is 13.7. The van der Waals surface area contributed by atoms with E-state index in [0.29, 0.717) is 5.75 Å². The number of carbonyl (C=O) groups is 1. The summed E-state index contributed by atoms with van der Waals surface area (Å²) in [4.78, 5) is 13.7. The van der Waals surface area contributed by atoms with Gasteiger partial charge in [0.2, 0.25) is 6.79 Å². The first kappa shape index (κ1) is 19.2. The monoisotopic (exact) mass is 447 g/mol. The molecule has 1 aliphatic carbocycles. The fourth-order valence-electron chi connectivity index (χ4n) is 5.38. The van der Waals surface area contributed by atoms with Crippen LogP contribution in [0.4, 0.5) is 5.82 Å². The minimum Gasteiger partial charge on any atom is -0.454 e. The summed E-state index contributed by atoms with van der Waals surface area (Å²) in [5.74, 6) is 2.08. The van der Waals surface area contributed by atoms with Gasteiger partial charge in [-0.15, -0.1) is 0 Å². The molecule has 1 aromatic heterocycles. The molecule has 34 heavy (non-hydrogen) atoms. The van der Waals surface area contributed by atoms with Gasteiger partial charge in [-0.1, -0.05) is 48.5 Å². The molecule has 0 saturated carbocycles. The van der Waals surface area contributed by atoms with Crippen LogP contribution in [-0.2, 0) is 0 Å². The number of nitrogens with zero attached hydrogens (tertiary/aromatic N) is 2. The third-order valence-corrected chi connectivity index (χ3v) is 6.96. The summed E-state index contributed by atoms with van der Waals surface area (Å²) >= 11 is 0. The van der Waals surface area contributed by atoms with Crippen LogP contribution in [0.25, 0.3) is 11.4 Å². The predicted octanol–water partition coefficient (Wildman–Crippen LogP) is 5.38. The zero-order valence-electron chi connectivity index (χ0n) is 18.8. The quantitative estimate of drug-likeness (QED) is 0.447. The van der Waals surface area contributed by atoms with Crippen molar-refractivity contribution in [2.75, 3.05) is 12.1 Å². The highest BCUT2D eigenvalue weighted by molar-refractivity contribution is 6.24. The summed E-state index contributed by atoms with van der Waals surface area (Å²) in [6, 6.07) is 21.9. The maximum Gasteiger partial charge on any atom is 0.231 e. The van der Waals surface area contributed by atoms with E-state index in [1.165, 1.54) is 0 Å². The molecule has 0 spiro atoms. The first-order chi connectivity index (χ1) is 16.6. The van der Waals surface area contributed by atoms with Crippen LogP contribution in [0.3, 0.4) is 0 Å². The number of Topliss-reactive ketones (excluding diaryl/α,β-unsaturated/α-hetero) is 1. The average molecular weight is 447 g/mol. The number of allylic oxidation sites excluding steroid dienone is 1. The second kappa shape index (κ2) is 6.84. The highest BCUT2D eigenvalue weighted by atomic mass is 16.7. The molecule has 3 aromatic carbocycles. The van der Waals surface area contributed by atoms with Gasteiger partial charge >= 0.3 is 0 Å². The number of para-hydroxylation sites is 1. The first-order valence-electron chi connectivity index (χ1n) is 11.3. The SMILES string of the molecule is Cc1ccccc1-n1nc(C)c2c1NC1=C(C(=O)c3ccccc31)[C@@H]2c1ccc2c(c1)OCO2. The largest absolute Gasteiger partial charge is 0.454 e. The molecule has 0 radical (unpaired) electrons. The summed E-state index contributed by atoms with van der Waals surface area (Å²) in [7, 11) is 0. The number of rotatable bonds is 2. The number of aromatic nitrogens is 2. The number of hydrogen-bond acceptors (Lipinski definition) is 5. The van der Waals surface area contributed by atoms with E-state index >= 15 is 0 Å². The lowest BCUT2D eigenvalue weighted by molar-refractivity contribution is 0.103. The molecule has 166 valence electrons. The van der Waals surface area contributed by atoms with Crippen LogP contribution in [-0.4, -0.2) is 22.4 Å². The molecule has 3 heterocycles. The molecule has 0 unspecified atom stereocenters. The van der Waals surface area contributed by atoms with Crippen molar-refractivity contribution in [2.45, 2.75) is 19.8 Å². The van der Waals surface area contributed by atoms with Gasteiger partial charge in [0, 0.05) is 28.2 Å². The molecule has 3 aliphatic rings. The Labute approximate surface area is 196 Å². The van der Waals surface area contributed by atoms with E-state index in [-0.39, 0.29) is 18.5 Å². The Morgan fingerprint density at radius 3 is 2.56 bits per heavy atom. The Kier molecular flexibility index (Phi) is 3.86. The van der Waals surface area contributed by atoms with Gasteiger partial charge < -0.3 is 14.8 Å². The van der Waals surface area contributed by atoms with Crippen molar-refractivity contribution in [3.8, 4) is 17.2 Å². The number of ether oxygens (including phenoxy) is 2. The first-order valence-corrected chi connectivity index (χ1v) is 11.3. The van der Waals surface area contributed by atoms with Crippen LogP contribution in [0, 0.1) is 13.8 Å². The summed E-state index contributed by atoms with van der Waals surface area (Å²) in [6.07, 6.45) is 0. The van der Waals surface area contributed by atoms with Crippen LogP contribution < -0.4 is 14.8 Å². The van der Waals surface area contributed by atoms with Crippen LogP contribution in [0.1, 0.15) is 44.2 Å². The Bertz CT molecular complexity index is 1560. The fourth-order valence-corrected chi connectivity index (χ4v) is 5.38. The topological polar surface area (TPSA) is 65.4 Å². The van der Waals surface area contributed by atoms with E-state index < -0.39 is 0 Å². The van der Waals surface area contributed by atoms with Gasteiger partial charge in [0.1, 0.15) is 5.82 Å². The molecule has 0 bridgehead atoms. The van der Waals surface area contributed by atoms with E-state index in [1.54, 1.807) is 0 Å². The molecule has 0 saturated heterocycles. The molecule has 6 nitrogen and oxygen atoms in total. The van der Waals surface area contributed by atoms with Gasteiger partial charge in [-0.05, 0) is 43.2 Å². The molecule has 7 rings (SSSR count). The van der Waals surface area contributed by atoms with Crippen LogP contribution in [0.5, 0.6) is 11.5 Å². The highest BCUT2D eigenvalue weighted by Crippen LogP contribution is 2.51. The van der Waals surface area contributed by atoms with Crippen LogP contribution in [0.2, 0.25) is 0 Å². The Balaban J connectivity index is 1.51. The number of benzene rings is 3. The molecule has 0 amide bonds.